The number of halogens is 1. The lowest BCUT2D eigenvalue weighted by molar-refractivity contribution is 0.0600. The van der Waals surface area contributed by atoms with E-state index < -0.39 is 11.5 Å². The van der Waals surface area contributed by atoms with Crippen LogP contribution in [0.25, 0.3) is 26.8 Å². The highest BCUT2D eigenvalue weighted by molar-refractivity contribution is 5.96. The summed E-state index contributed by atoms with van der Waals surface area (Å²) in [5, 5.41) is 0.873. The number of aromatic amines is 1. The fourth-order valence-electron chi connectivity index (χ4n) is 5.58. The molecule has 35 heavy (non-hydrogen) atoms. The Hall–Kier alpha value is -3.79. The molecule has 0 aliphatic heterocycles. The van der Waals surface area contributed by atoms with Crippen LogP contribution in [0.3, 0.4) is 0 Å². The van der Waals surface area contributed by atoms with Crippen LogP contribution in [0, 0.1) is 25.2 Å². The Morgan fingerprint density at radius 1 is 1.20 bits per heavy atom. The third-order valence-corrected chi connectivity index (χ3v) is 7.72. The van der Waals surface area contributed by atoms with Crippen LogP contribution >= 0.6 is 0 Å². The fraction of sp³-hybridized carbons (Fsp3) is 0.357. The van der Waals surface area contributed by atoms with Crippen LogP contribution in [0.2, 0.25) is 0 Å². The molecule has 1 fully saturated rings. The zero-order chi connectivity index (χ0) is 24.7. The minimum absolute atomic E-state index is 0.127. The van der Waals surface area contributed by atoms with Gasteiger partial charge in [0.25, 0.3) is 5.54 Å². The molecule has 1 N–H and O–H groups in total. The molecule has 7 heteroatoms. The Balaban J connectivity index is 1.42. The number of benzene rings is 2. The number of nitrogens with one attached hydrogen (secondary N) is 1. The summed E-state index contributed by atoms with van der Waals surface area (Å²) in [7, 11) is 1.36. The Morgan fingerprint density at radius 3 is 2.69 bits per heavy atom. The molecule has 0 saturated heterocycles. The standard InChI is InChI=1S/C28H27FN4O2/c1-16-20(26(34)35-4)10-12-24-25(16)33-27(32-24)28(2,30-3)18-7-5-17(6-8-18)21-13-14-31-23-11-9-19(29)15-22(21)23/h9-15,17-18H,5-8H2,1-2,4H3,(H,32,33). The molecule has 2 aromatic heterocycles. The van der Waals surface area contributed by atoms with Crippen molar-refractivity contribution < 1.29 is 13.9 Å². The van der Waals surface area contributed by atoms with Gasteiger partial charge in [0.2, 0.25) is 0 Å². The Bertz CT molecular complexity index is 1480. The number of rotatable bonds is 4. The lowest BCUT2D eigenvalue weighted by Gasteiger charge is -2.33. The van der Waals surface area contributed by atoms with Gasteiger partial charge >= 0.3 is 5.97 Å². The number of nitrogens with zero attached hydrogens (tertiary/aromatic N) is 3. The highest BCUT2D eigenvalue weighted by Crippen LogP contribution is 2.46. The van der Waals surface area contributed by atoms with Crippen molar-refractivity contribution >= 4 is 27.9 Å². The monoisotopic (exact) mass is 470 g/mol. The summed E-state index contributed by atoms with van der Waals surface area (Å²) in [5.74, 6) is 0.406. The SMILES string of the molecule is [C-]#[N+]C(C)(c1nc2c(C)c(C(=O)OC)ccc2[nH]1)C1CCC(c2ccnc3ccc(F)cc23)CC1. The molecule has 5 rings (SSSR count). The molecule has 2 aromatic carbocycles. The third-order valence-electron chi connectivity index (χ3n) is 7.72. The van der Waals surface area contributed by atoms with E-state index in [2.05, 4.69) is 14.8 Å². The maximum atomic E-state index is 13.9. The molecule has 1 aliphatic carbocycles. The zero-order valence-corrected chi connectivity index (χ0v) is 20.1. The zero-order valence-electron chi connectivity index (χ0n) is 20.1. The number of hydrogen-bond donors (Lipinski definition) is 1. The van der Waals surface area contributed by atoms with Crippen LogP contribution in [0.5, 0.6) is 0 Å². The maximum Gasteiger partial charge on any atom is 0.338 e. The Morgan fingerprint density at radius 2 is 1.97 bits per heavy atom. The predicted octanol–water partition coefficient (Wildman–Crippen LogP) is 6.45. The van der Waals surface area contributed by atoms with E-state index in [4.69, 9.17) is 16.3 Å². The minimum Gasteiger partial charge on any atom is -0.465 e. The molecular formula is C28H27FN4O2. The van der Waals surface area contributed by atoms with Gasteiger partial charge in [0.1, 0.15) is 5.82 Å². The number of esters is 1. The van der Waals surface area contributed by atoms with E-state index >= 15 is 0 Å². The lowest BCUT2D eigenvalue weighted by Crippen LogP contribution is -2.33. The first-order valence-electron chi connectivity index (χ1n) is 11.9. The molecule has 0 radical (unpaired) electrons. The van der Waals surface area contributed by atoms with E-state index in [0.717, 1.165) is 53.2 Å². The van der Waals surface area contributed by atoms with Crippen LogP contribution < -0.4 is 0 Å². The van der Waals surface area contributed by atoms with Crippen molar-refractivity contribution in [3.05, 3.63) is 82.3 Å². The second kappa shape index (κ2) is 8.77. The van der Waals surface area contributed by atoms with E-state index in [1.54, 1.807) is 24.4 Å². The van der Waals surface area contributed by atoms with Crippen LogP contribution in [0.4, 0.5) is 4.39 Å². The van der Waals surface area contributed by atoms with Crippen molar-refractivity contribution in [3.8, 4) is 0 Å². The molecule has 1 atom stereocenters. The van der Waals surface area contributed by atoms with Crippen molar-refractivity contribution in [2.45, 2.75) is 51.0 Å². The van der Waals surface area contributed by atoms with Crippen molar-refractivity contribution in [1.29, 1.82) is 0 Å². The van der Waals surface area contributed by atoms with Gasteiger partial charge in [-0.3, -0.25) is 4.98 Å². The first kappa shape index (κ1) is 23.0. The predicted molar refractivity (Wildman–Crippen MR) is 133 cm³/mol. The van der Waals surface area contributed by atoms with Crippen LogP contribution in [0.15, 0.2) is 42.6 Å². The Labute approximate surface area is 203 Å². The summed E-state index contributed by atoms with van der Waals surface area (Å²) < 4.78 is 18.8. The molecular weight excluding hydrogens is 443 g/mol. The molecule has 6 nitrogen and oxygen atoms in total. The van der Waals surface area contributed by atoms with Gasteiger partial charge in [-0.05, 0) is 86.1 Å². The quantitative estimate of drug-likeness (QED) is 0.275. The molecule has 0 spiro atoms. The van der Waals surface area contributed by atoms with Crippen molar-refractivity contribution in [2.24, 2.45) is 5.92 Å². The van der Waals surface area contributed by atoms with Crippen LogP contribution in [-0.2, 0) is 10.3 Å². The van der Waals surface area contributed by atoms with Gasteiger partial charge < -0.3 is 14.6 Å². The summed E-state index contributed by atoms with van der Waals surface area (Å²) >= 11 is 0. The van der Waals surface area contributed by atoms with E-state index in [1.165, 1.54) is 13.2 Å². The Kier molecular flexibility index (Phi) is 5.76. The largest absolute Gasteiger partial charge is 0.465 e. The third kappa shape index (κ3) is 3.83. The number of methoxy groups -OCH3 is 1. The number of carbonyl (C=O) groups is 1. The lowest BCUT2D eigenvalue weighted by atomic mass is 9.70. The topological polar surface area (TPSA) is 72.2 Å². The molecule has 1 saturated carbocycles. The molecule has 0 amide bonds. The first-order chi connectivity index (χ1) is 16.9. The van der Waals surface area contributed by atoms with E-state index in [1.807, 2.05) is 26.0 Å². The van der Waals surface area contributed by atoms with Gasteiger partial charge in [0.15, 0.2) is 5.82 Å². The number of fused-ring (bicyclic) bond motifs is 2. The molecule has 178 valence electrons. The minimum atomic E-state index is -0.811. The fourth-order valence-corrected chi connectivity index (χ4v) is 5.58. The summed E-state index contributed by atoms with van der Waals surface area (Å²) in [5.41, 5.74) is 3.84. The number of aromatic nitrogens is 3. The van der Waals surface area contributed by atoms with Gasteiger partial charge in [-0.2, -0.15) is 0 Å². The first-order valence-corrected chi connectivity index (χ1v) is 11.9. The van der Waals surface area contributed by atoms with Crippen molar-refractivity contribution in [3.63, 3.8) is 0 Å². The van der Waals surface area contributed by atoms with Crippen LogP contribution in [-0.4, -0.2) is 28.0 Å². The van der Waals surface area contributed by atoms with E-state index in [-0.39, 0.29) is 11.7 Å². The van der Waals surface area contributed by atoms with Gasteiger partial charge in [-0.15, -0.1) is 0 Å². The summed E-state index contributed by atoms with van der Waals surface area (Å²) in [4.78, 5) is 28.7. The average molecular weight is 471 g/mol. The molecule has 0 bridgehead atoms. The number of hydrogen-bond acceptors (Lipinski definition) is 4. The highest BCUT2D eigenvalue weighted by Gasteiger charge is 2.47. The number of ether oxygens (including phenoxy) is 1. The number of pyridine rings is 1. The number of imidazole rings is 1. The van der Waals surface area contributed by atoms with Gasteiger partial charge in [-0.25, -0.2) is 20.7 Å². The van der Waals surface area contributed by atoms with Crippen LogP contribution in [0.1, 0.15) is 65.8 Å². The highest BCUT2D eigenvalue weighted by atomic mass is 19.1. The van der Waals surface area contributed by atoms with Gasteiger partial charge in [0.05, 0.1) is 29.2 Å². The maximum absolute atomic E-state index is 13.9. The normalized spacial score (nSPS) is 19.9. The second-order valence-electron chi connectivity index (χ2n) is 9.58. The molecule has 4 aromatic rings. The van der Waals surface area contributed by atoms with E-state index in [0.29, 0.717) is 22.8 Å². The number of aryl methyl sites for hydroxylation is 1. The summed E-state index contributed by atoms with van der Waals surface area (Å²) in [6.07, 6.45) is 5.36. The summed E-state index contributed by atoms with van der Waals surface area (Å²) in [6, 6.07) is 10.3. The van der Waals surface area contributed by atoms with Gasteiger partial charge in [-0.1, -0.05) is 0 Å². The number of H-pyrrole nitrogens is 1. The van der Waals surface area contributed by atoms with Crippen molar-refractivity contribution in [2.75, 3.05) is 7.11 Å². The number of carbonyl (C=O) groups excluding carboxylic acids is 1. The summed E-state index contributed by atoms with van der Waals surface area (Å²) in [6.45, 7) is 11.9. The van der Waals surface area contributed by atoms with Gasteiger partial charge in [0, 0.05) is 24.4 Å². The molecule has 2 heterocycles. The average Bonchev–Trinajstić information content (AvgIpc) is 3.34. The van der Waals surface area contributed by atoms with Crippen molar-refractivity contribution in [1.82, 2.24) is 15.0 Å². The molecule has 1 unspecified atom stereocenters. The second-order valence-corrected chi connectivity index (χ2v) is 9.58. The smallest absolute Gasteiger partial charge is 0.338 e. The molecule has 1 aliphatic rings. The van der Waals surface area contributed by atoms with E-state index in [9.17, 15) is 9.18 Å².